The second-order valence-electron chi connectivity index (χ2n) is 7.28. The van der Waals surface area contributed by atoms with Gasteiger partial charge in [-0.1, -0.05) is 35.9 Å². The summed E-state index contributed by atoms with van der Waals surface area (Å²) >= 11 is 0. The Kier molecular flexibility index (Phi) is 5.05. The van der Waals surface area contributed by atoms with Crippen molar-refractivity contribution in [3.63, 3.8) is 0 Å². The summed E-state index contributed by atoms with van der Waals surface area (Å²) in [4.78, 5) is 44.9. The van der Waals surface area contributed by atoms with Crippen LogP contribution in [0.2, 0.25) is 0 Å². The van der Waals surface area contributed by atoms with E-state index in [0.29, 0.717) is 5.69 Å². The Morgan fingerprint density at radius 3 is 2.60 bits per heavy atom. The number of benzene rings is 2. The zero-order chi connectivity index (χ0) is 21.3. The van der Waals surface area contributed by atoms with Crippen LogP contribution in [0.15, 0.2) is 53.3 Å². The highest BCUT2D eigenvalue weighted by molar-refractivity contribution is 6.04. The molecule has 0 saturated carbocycles. The standard InChI is InChI=1S/C22H21N5O3/c1-12-8-9-16(13(2)10-12)24-20(29)15-11-17(28)25-19-18(15)21(30)27-22(26-19)23-14-6-4-3-5-7-14/h3-10,15H,11H2,1-2H3,(H,24,29)(H3,23,25,26,27,28,30)/t15-/m0/s1. The SMILES string of the molecule is Cc1ccc(NC(=O)[C@H]2CC(=O)Nc3nc(Nc4ccccc4)[nH]c(=O)c32)c(C)c1. The molecule has 0 spiro atoms. The molecule has 4 N–H and O–H groups in total. The number of aryl methyl sites for hydroxylation is 2. The van der Waals surface area contributed by atoms with Crippen molar-refractivity contribution in [2.75, 3.05) is 16.0 Å². The second-order valence-corrected chi connectivity index (χ2v) is 7.28. The lowest BCUT2D eigenvalue weighted by Crippen LogP contribution is -2.36. The van der Waals surface area contributed by atoms with Crippen molar-refractivity contribution in [3.05, 3.63) is 75.6 Å². The maximum absolute atomic E-state index is 13.0. The number of hydrogen-bond acceptors (Lipinski definition) is 5. The van der Waals surface area contributed by atoms with E-state index in [4.69, 9.17) is 0 Å². The van der Waals surface area contributed by atoms with Crippen molar-refractivity contribution < 1.29 is 9.59 Å². The first kappa shape index (κ1) is 19.4. The molecule has 0 radical (unpaired) electrons. The molecule has 3 aromatic rings. The number of fused-ring (bicyclic) bond motifs is 1. The van der Waals surface area contributed by atoms with Crippen LogP contribution in [0.4, 0.5) is 23.1 Å². The summed E-state index contributed by atoms with van der Waals surface area (Å²) in [6, 6.07) is 14.8. The zero-order valence-corrected chi connectivity index (χ0v) is 16.6. The van der Waals surface area contributed by atoms with Crippen LogP contribution in [0.5, 0.6) is 0 Å². The summed E-state index contributed by atoms with van der Waals surface area (Å²) in [6.45, 7) is 3.85. The molecule has 0 bridgehead atoms. The van der Waals surface area contributed by atoms with E-state index in [1.165, 1.54) is 0 Å². The van der Waals surface area contributed by atoms with Crippen LogP contribution in [0.1, 0.15) is 29.0 Å². The lowest BCUT2D eigenvalue weighted by molar-refractivity contribution is -0.123. The number of H-pyrrole nitrogens is 1. The summed E-state index contributed by atoms with van der Waals surface area (Å²) in [5, 5.41) is 8.43. The Hall–Kier alpha value is -3.94. The van der Waals surface area contributed by atoms with Crippen molar-refractivity contribution >= 4 is 35.0 Å². The third kappa shape index (κ3) is 3.93. The molecule has 0 fully saturated rings. The highest BCUT2D eigenvalue weighted by atomic mass is 16.2. The smallest absolute Gasteiger partial charge is 0.258 e. The molecule has 0 saturated heterocycles. The predicted molar refractivity (Wildman–Crippen MR) is 115 cm³/mol. The number of nitrogens with one attached hydrogen (secondary N) is 4. The molecule has 8 heteroatoms. The Labute approximate surface area is 172 Å². The van der Waals surface area contributed by atoms with Gasteiger partial charge >= 0.3 is 0 Å². The Balaban J connectivity index is 1.65. The van der Waals surface area contributed by atoms with Gasteiger partial charge < -0.3 is 16.0 Å². The van der Waals surface area contributed by atoms with Crippen molar-refractivity contribution in [2.45, 2.75) is 26.2 Å². The number of nitrogens with zero attached hydrogens (tertiary/aromatic N) is 1. The molecule has 152 valence electrons. The molecule has 1 atom stereocenters. The van der Waals surface area contributed by atoms with Gasteiger partial charge in [0.1, 0.15) is 5.82 Å². The van der Waals surface area contributed by atoms with Gasteiger partial charge in [-0.25, -0.2) is 0 Å². The fourth-order valence-electron chi connectivity index (χ4n) is 3.49. The first-order chi connectivity index (χ1) is 14.4. The molecule has 1 aliphatic heterocycles. The van der Waals surface area contributed by atoms with Crippen LogP contribution >= 0.6 is 0 Å². The van der Waals surface area contributed by atoms with Crippen LogP contribution in [-0.4, -0.2) is 21.8 Å². The number of para-hydroxylation sites is 1. The van der Waals surface area contributed by atoms with Gasteiger partial charge in [0.05, 0.1) is 11.5 Å². The van der Waals surface area contributed by atoms with Crippen molar-refractivity contribution in [1.82, 2.24) is 9.97 Å². The van der Waals surface area contributed by atoms with Gasteiger partial charge in [0.2, 0.25) is 17.8 Å². The third-order valence-corrected chi connectivity index (χ3v) is 4.94. The van der Waals surface area contributed by atoms with E-state index in [-0.39, 0.29) is 29.7 Å². The molecule has 2 amide bonds. The van der Waals surface area contributed by atoms with Gasteiger partial charge in [-0.05, 0) is 37.6 Å². The van der Waals surface area contributed by atoms with E-state index in [0.717, 1.165) is 16.8 Å². The maximum atomic E-state index is 13.0. The fourth-order valence-corrected chi connectivity index (χ4v) is 3.49. The quantitative estimate of drug-likeness (QED) is 0.534. The lowest BCUT2D eigenvalue weighted by Gasteiger charge is -2.24. The zero-order valence-electron chi connectivity index (χ0n) is 16.6. The van der Waals surface area contributed by atoms with E-state index < -0.39 is 17.4 Å². The number of carbonyl (C=O) groups excluding carboxylic acids is 2. The molecule has 8 nitrogen and oxygen atoms in total. The minimum absolute atomic E-state index is 0.0919. The van der Waals surface area contributed by atoms with Gasteiger partial charge in [0.25, 0.3) is 5.56 Å². The minimum Gasteiger partial charge on any atom is -0.326 e. The number of aromatic amines is 1. The number of aromatic nitrogens is 2. The Morgan fingerprint density at radius 1 is 1.10 bits per heavy atom. The van der Waals surface area contributed by atoms with Crippen molar-refractivity contribution in [2.24, 2.45) is 0 Å². The van der Waals surface area contributed by atoms with Crippen LogP contribution in [0.3, 0.4) is 0 Å². The third-order valence-electron chi connectivity index (χ3n) is 4.94. The van der Waals surface area contributed by atoms with E-state index in [9.17, 15) is 14.4 Å². The molecule has 2 heterocycles. The molecule has 1 aliphatic rings. The molecule has 30 heavy (non-hydrogen) atoms. The van der Waals surface area contributed by atoms with E-state index >= 15 is 0 Å². The summed E-state index contributed by atoms with van der Waals surface area (Å²) in [5.74, 6) is -1.45. The molecule has 1 aromatic heterocycles. The lowest BCUT2D eigenvalue weighted by atomic mass is 9.92. The van der Waals surface area contributed by atoms with Gasteiger partial charge in [0.15, 0.2) is 0 Å². The number of carbonyl (C=O) groups is 2. The summed E-state index contributed by atoms with van der Waals surface area (Å²) in [6.07, 6.45) is -0.125. The van der Waals surface area contributed by atoms with E-state index in [1.807, 2.05) is 62.4 Å². The van der Waals surface area contributed by atoms with Gasteiger partial charge in [-0.2, -0.15) is 4.98 Å². The van der Waals surface area contributed by atoms with Crippen LogP contribution in [0.25, 0.3) is 0 Å². The normalized spacial score (nSPS) is 15.1. The Bertz CT molecular complexity index is 1190. The molecule has 2 aromatic carbocycles. The number of rotatable bonds is 4. The Morgan fingerprint density at radius 2 is 1.87 bits per heavy atom. The van der Waals surface area contributed by atoms with Crippen molar-refractivity contribution in [1.29, 1.82) is 0 Å². The maximum Gasteiger partial charge on any atom is 0.258 e. The topological polar surface area (TPSA) is 116 Å². The molecule has 0 unspecified atom stereocenters. The average Bonchev–Trinajstić information content (AvgIpc) is 2.70. The van der Waals surface area contributed by atoms with Crippen LogP contribution < -0.4 is 21.5 Å². The summed E-state index contributed by atoms with van der Waals surface area (Å²) in [7, 11) is 0. The van der Waals surface area contributed by atoms with Crippen molar-refractivity contribution in [3.8, 4) is 0 Å². The number of hydrogen-bond donors (Lipinski definition) is 4. The van der Waals surface area contributed by atoms with Gasteiger partial charge in [-0.15, -0.1) is 0 Å². The molecular formula is C22H21N5O3. The molecular weight excluding hydrogens is 382 g/mol. The predicted octanol–water partition coefficient (Wildman–Crippen LogP) is 3.19. The first-order valence-electron chi connectivity index (χ1n) is 9.55. The summed E-state index contributed by atoms with van der Waals surface area (Å²) in [5.41, 5.74) is 3.02. The summed E-state index contributed by atoms with van der Waals surface area (Å²) < 4.78 is 0. The monoisotopic (exact) mass is 403 g/mol. The highest BCUT2D eigenvalue weighted by Gasteiger charge is 2.35. The fraction of sp³-hybridized carbons (Fsp3) is 0.182. The molecule has 0 aliphatic carbocycles. The highest BCUT2D eigenvalue weighted by Crippen LogP contribution is 2.30. The largest absolute Gasteiger partial charge is 0.326 e. The van der Waals surface area contributed by atoms with E-state index in [2.05, 4.69) is 25.9 Å². The van der Waals surface area contributed by atoms with Crippen LogP contribution in [0, 0.1) is 13.8 Å². The van der Waals surface area contributed by atoms with Crippen LogP contribution in [-0.2, 0) is 9.59 Å². The number of amides is 2. The van der Waals surface area contributed by atoms with Gasteiger partial charge in [-0.3, -0.25) is 19.4 Å². The van der Waals surface area contributed by atoms with Gasteiger partial charge in [0, 0.05) is 17.8 Å². The van der Waals surface area contributed by atoms with E-state index in [1.54, 1.807) is 0 Å². The minimum atomic E-state index is -0.934. The second kappa shape index (κ2) is 7.82. The average molecular weight is 403 g/mol. The first-order valence-corrected chi connectivity index (χ1v) is 9.55. The molecule has 4 rings (SSSR count). The number of anilines is 4.